The molecule has 0 aliphatic heterocycles. The Balaban J connectivity index is 2.41. The van der Waals surface area contributed by atoms with Crippen LogP contribution in [0, 0.1) is 0 Å². The lowest BCUT2D eigenvalue weighted by Crippen LogP contribution is -2.02. The Morgan fingerprint density at radius 3 is 2.92 bits per heavy atom. The molecule has 0 amide bonds. The van der Waals surface area contributed by atoms with Crippen LogP contribution >= 0.6 is 0 Å². The molecule has 5 heteroatoms. The molecule has 0 bridgehead atoms. The van der Waals surface area contributed by atoms with Crippen LogP contribution in [0.1, 0.15) is 18.1 Å². The van der Waals surface area contributed by atoms with E-state index in [-0.39, 0.29) is 6.61 Å². The molecule has 3 N–H and O–H groups in total. The SMILES string of the molecule is NCCc1nc(CCCO)no1. The molecule has 0 saturated heterocycles. The molecular formula is C7H13N3O2. The van der Waals surface area contributed by atoms with Crippen molar-refractivity contribution in [2.45, 2.75) is 19.3 Å². The van der Waals surface area contributed by atoms with Crippen LogP contribution in [0.2, 0.25) is 0 Å². The molecule has 68 valence electrons. The van der Waals surface area contributed by atoms with Crippen molar-refractivity contribution in [2.75, 3.05) is 13.2 Å². The standard InChI is InChI=1S/C7H13N3O2/c8-4-3-7-9-6(10-12-7)2-1-5-11/h11H,1-5,8H2. The fourth-order valence-electron chi connectivity index (χ4n) is 0.854. The highest BCUT2D eigenvalue weighted by molar-refractivity contribution is 4.86. The van der Waals surface area contributed by atoms with Gasteiger partial charge in [0.25, 0.3) is 0 Å². The Morgan fingerprint density at radius 1 is 1.42 bits per heavy atom. The zero-order chi connectivity index (χ0) is 8.81. The van der Waals surface area contributed by atoms with Crippen molar-refractivity contribution in [1.29, 1.82) is 0 Å². The molecule has 0 atom stereocenters. The maximum Gasteiger partial charge on any atom is 0.227 e. The number of aliphatic hydroxyl groups is 1. The molecule has 12 heavy (non-hydrogen) atoms. The van der Waals surface area contributed by atoms with Crippen molar-refractivity contribution < 1.29 is 9.63 Å². The first-order valence-electron chi connectivity index (χ1n) is 3.99. The summed E-state index contributed by atoms with van der Waals surface area (Å²) in [5.41, 5.74) is 5.30. The van der Waals surface area contributed by atoms with Gasteiger partial charge in [-0.3, -0.25) is 0 Å². The van der Waals surface area contributed by atoms with E-state index in [1.54, 1.807) is 0 Å². The molecule has 0 saturated carbocycles. The third-order valence-corrected chi connectivity index (χ3v) is 1.43. The van der Waals surface area contributed by atoms with E-state index in [1.165, 1.54) is 0 Å². The largest absolute Gasteiger partial charge is 0.396 e. The molecule has 5 nitrogen and oxygen atoms in total. The predicted molar refractivity (Wildman–Crippen MR) is 42.5 cm³/mol. The summed E-state index contributed by atoms with van der Waals surface area (Å²) < 4.78 is 4.88. The van der Waals surface area contributed by atoms with Crippen LogP contribution in [0.15, 0.2) is 4.52 Å². The van der Waals surface area contributed by atoms with E-state index in [1.807, 2.05) is 0 Å². The lowest BCUT2D eigenvalue weighted by Gasteiger charge is -1.87. The summed E-state index contributed by atoms with van der Waals surface area (Å²) in [5.74, 6) is 1.22. The molecule has 0 fully saturated rings. The highest BCUT2D eigenvalue weighted by Crippen LogP contribution is 1.99. The minimum Gasteiger partial charge on any atom is -0.396 e. The van der Waals surface area contributed by atoms with Crippen molar-refractivity contribution in [3.63, 3.8) is 0 Å². The Bertz CT molecular complexity index is 224. The molecule has 0 aliphatic rings. The topological polar surface area (TPSA) is 85.2 Å². The van der Waals surface area contributed by atoms with E-state index < -0.39 is 0 Å². The second kappa shape index (κ2) is 4.84. The van der Waals surface area contributed by atoms with Crippen LogP contribution in [-0.2, 0) is 12.8 Å². The predicted octanol–water partition coefficient (Wildman–Crippen LogP) is -0.504. The number of nitrogens with two attached hydrogens (primary N) is 1. The normalized spacial score (nSPS) is 10.5. The number of hydrogen-bond donors (Lipinski definition) is 2. The molecule has 0 spiro atoms. The molecule has 1 aromatic heterocycles. The molecule has 0 aromatic carbocycles. The summed E-state index contributed by atoms with van der Waals surface area (Å²) >= 11 is 0. The fraction of sp³-hybridized carbons (Fsp3) is 0.714. The smallest absolute Gasteiger partial charge is 0.227 e. The lowest BCUT2D eigenvalue weighted by molar-refractivity contribution is 0.286. The van der Waals surface area contributed by atoms with Gasteiger partial charge in [0.2, 0.25) is 5.89 Å². The van der Waals surface area contributed by atoms with Gasteiger partial charge >= 0.3 is 0 Å². The van der Waals surface area contributed by atoms with Gasteiger partial charge < -0.3 is 15.4 Å². The average Bonchev–Trinajstić information content (AvgIpc) is 2.50. The van der Waals surface area contributed by atoms with Gasteiger partial charge in [0, 0.05) is 26.0 Å². The van der Waals surface area contributed by atoms with Crippen molar-refractivity contribution in [1.82, 2.24) is 10.1 Å². The Morgan fingerprint density at radius 2 is 2.25 bits per heavy atom. The minimum absolute atomic E-state index is 0.154. The number of hydrogen-bond acceptors (Lipinski definition) is 5. The van der Waals surface area contributed by atoms with E-state index in [9.17, 15) is 0 Å². The summed E-state index contributed by atoms with van der Waals surface area (Å²) in [4.78, 5) is 4.07. The lowest BCUT2D eigenvalue weighted by atomic mass is 10.3. The van der Waals surface area contributed by atoms with Crippen LogP contribution in [0.3, 0.4) is 0 Å². The summed E-state index contributed by atoms with van der Waals surface area (Å²) in [6.45, 7) is 0.669. The average molecular weight is 171 g/mol. The quantitative estimate of drug-likeness (QED) is 0.623. The number of aromatic nitrogens is 2. The molecule has 1 rings (SSSR count). The maximum absolute atomic E-state index is 8.53. The van der Waals surface area contributed by atoms with Crippen LogP contribution < -0.4 is 5.73 Å². The molecule has 1 heterocycles. The third-order valence-electron chi connectivity index (χ3n) is 1.43. The van der Waals surface area contributed by atoms with Gasteiger partial charge in [0.15, 0.2) is 5.82 Å². The van der Waals surface area contributed by atoms with Crippen molar-refractivity contribution >= 4 is 0 Å². The van der Waals surface area contributed by atoms with E-state index in [2.05, 4.69) is 10.1 Å². The fourth-order valence-corrected chi connectivity index (χ4v) is 0.854. The van der Waals surface area contributed by atoms with E-state index in [0.29, 0.717) is 37.5 Å². The van der Waals surface area contributed by atoms with Gasteiger partial charge in [0.1, 0.15) is 0 Å². The summed E-state index contributed by atoms with van der Waals surface area (Å²) in [6, 6.07) is 0. The van der Waals surface area contributed by atoms with E-state index in [4.69, 9.17) is 15.4 Å². The van der Waals surface area contributed by atoms with Crippen molar-refractivity contribution in [3.8, 4) is 0 Å². The maximum atomic E-state index is 8.53. The van der Waals surface area contributed by atoms with Gasteiger partial charge in [-0.2, -0.15) is 4.98 Å². The number of aryl methyl sites for hydroxylation is 1. The Kier molecular flexibility index (Phi) is 3.69. The summed E-state index contributed by atoms with van der Waals surface area (Å²) in [6.07, 6.45) is 1.94. The molecule has 0 radical (unpaired) electrons. The van der Waals surface area contributed by atoms with Gasteiger partial charge in [-0.25, -0.2) is 0 Å². The van der Waals surface area contributed by atoms with Crippen molar-refractivity contribution in [2.24, 2.45) is 5.73 Å². The second-order valence-electron chi connectivity index (χ2n) is 2.47. The number of nitrogens with zero attached hydrogens (tertiary/aromatic N) is 2. The first-order chi connectivity index (χ1) is 5.86. The molecular weight excluding hydrogens is 158 g/mol. The molecule has 0 unspecified atom stereocenters. The zero-order valence-corrected chi connectivity index (χ0v) is 6.86. The van der Waals surface area contributed by atoms with Gasteiger partial charge in [0.05, 0.1) is 0 Å². The Hall–Kier alpha value is -0.940. The second-order valence-corrected chi connectivity index (χ2v) is 2.47. The van der Waals surface area contributed by atoms with E-state index in [0.717, 1.165) is 0 Å². The first-order valence-corrected chi connectivity index (χ1v) is 3.99. The third kappa shape index (κ3) is 2.60. The first kappa shape index (κ1) is 9.15. The van der Waals surface area contributed by atoms with Gasteiger partial charge in [-0.15, -0.1) is 0 Å². The van der Waals surface area contributed by atoms with Crippen LogP contribution in [-0.4, -0.2) is 28.4 Å². The zero-order valence-electron chi connectivity index (χ0n) is 6.86. The summed E-state index contributed by atoms with van der Waals surface area (Å²) in [5, 5.41) is 12.3. The number of aliphatic hydroxyl groups excluding tert-OH is 1. The summed E-state index contributed by atoms with van der Waals surface area (Å²) in [7, 11) is 0. The van der Waals surface area contributed by atoms with Gasteiger partial charge in [-0.05, 0) is 6.42 Å². The highest BCUT2D eigenvalue weighted by atomic mass is 16.5. The van der Waals surface area contributed by atoms with Crippen LogP contribution in [0.25, 0.3) is 0 Å². The number of rotatable bonds is 5. The van der Waals surface area contributed by atoms with Crippen LogP contribution in [0.5, 0.6) is 0 Å². The van der Waals surface area contributed by atoms with Crippen LogP contribution in [0.4, 0.5) is 0 Å². The minimum atomic E-state index is 0.154. The molecule has 0 aliphatic carbocycles. The highest BCUT2D eigenvalue weighted by Gasteiger charge is 2.03. The van der Waals surface area contributed by atoms with E-state index >= 15 is 0 Å². The monoisotopic (exact) mass is 171 g/mol. The Labute approximate surface area is 70.6 Å². The molecule has 1 aromatic rings. The van der Waals surface area contributed by atoms with Gasteiger partial charge in [-0.1, -0.05) is 5.16 Å². The van der Waals surface area contributed by atoms with Crippen molar-refractivity contribution in [3.05, 3.63) is 11.7 Å².